The Bertz CT molecular complexity index is 2700. The number of halogens is 6. The van der Waals surface area contributed by atoms with E-state index in [1.165, 1.54) is 23.1 Å². The molecule has 1 saturated heterocycles. The molecule has 0 spiro atoms. The lowest BCUT2D eigenvalue weighted by molar-refractivity contribution is -0.253. The zero-order chi connectivity index (χ0) is 42.0. The molecule has 0 aliphatic carbocycles. The van der Waals surface area contributed by atoms with Gasteiger partial charge in [0.25, 0.3) is 11.8 Å². The van der Waals surface area contributed by atoms with Crippen molar-refractivity contribution in [1.82, 2.24) is 44.3 Å². The predicted molar refractivity (Wildman–Crippen MR) is 211 cm³/mol. The molecule has 3 aliphatic rings. The van der Waals surface area contributed by atoms with Crippen molar-refractivity contribution >= 4 is 46.3 Å². The van der Waals surface area contributed by atoms with Crippen molar-refractivity contribution in [3.63, 3.8) is 0 Å². The van der Waals surface area contributed by atoms with Crippen LogP contribution in [0.4, 0.5) is 17.6 Å². The summed E-state index contributed by atoms with van der Waals surface area (Å²) in [6, 6.07) is 12.3. The van der Waals surface area contributed by atoms with Crippen molar-refractivity contribution in [3.05, 3.63) is 115 Å². The quantitative estimate of drug-likeness (QED) is 0.143. The molecule has 0 radical (unpaired) electrons. The first-order valence-electron chi connectivity index (χ1n) is 19.4. The molecule has 7 heterocycles. The van der Waals surface area contributed by atoms with Gasteiger partial charge in [-0.05, 0) is 76.9 Å². The molecule has 3 aliphatic heterocycles. The van der Waals surface area contributed by atoms with Crippen LogP contribution in [0.15, 0.2) is 48.5 Å². The highest BCUT2D eigenvalue weighted by atomic mass is 35.5. The minimum absolute atomic E-state index is 0.000854. The molecule has 9 rings (SSSR count). The Balaban J connectivity index is 0.943. The van der Waals surface area contributed by atoms with Gasteiger partial charge in [0.1, 0.15) is 17.6 Å². The van der Waals surface area contributed by atoms with Gasteiger partial charge in [-0.15, -0.1) is 0 Å². The van der Waals surface area contributed by atoms with Gasteiger partial charge in [0.15, 0.2) is 11.3 Å². The fraction of sp³-hybridized carbons (Fsp3) is 0.366. The number of ether oxygens (including phenoxy) is 2. The average Bonchev–Trinajstić information content (AvgIpc) is 4.01. The molecular formula is C41H37Cl2F4N9O4. The first kappa shape index (κ1) is 39.9. The third-order valence-electron chi connectivity index (χ3n) is 11.2. The minimum Gasteiger partial charge on any atom is -0.489 e. The number of carbonyl (C=O) groups excluding carboxylic acids is 2. The number of aromatic nitrogens is 6. The van der Waals surface area contributed by atoms with Gasteiger partial charge in [-0.2, -0.15) is 27.8 Å². The van der Waals surface area contributed by atoms with Crippen LogP contribution in [0.25, 0.3) is 11.3 Å². The number of hydrogen-bond acceptors (Lipinski definition) is 9. The molecule has 6 aromatic rings. The molecule has 2 amide bonds. The van der Waals surface area contributed by atoms with E-state index in [0.717, 1.165) is 43.3 Å². The van der Waals surface area contributed by atoms with Crippen LogP contribution in [0, 0.1) is 13.8 Å². The van der Waals surface area contributed by atoms with Gasteiger partial charge in [0.05, 0.1) is 81.5 Å². The van der Waals surface area contributed by atoms with E-state index >= 15 is 0 Å². The second kappa shape index (κ2) is 15.5. The maximum atomic E-state index is 13.9. The summed E-state index contributed by atoms with van der Waals surface area (Å²) in [5.41, 5.74) is 6.42. The van der Waals surface area contributed by atoms with E-state index < -0.39 is 24.2 Å². The average molecular weight is 867 g/mol. The predicted octanol–water partition coefficient (Wildman–Crippen LogP) is 7.16. The third-order valence-corrected chi connectivity index (χ3v) is 12.2. The standard InChI is InChI=1S/C41H37Cl2F4N9O4/c1-21-34(42)31(56-36(49-21)26-17-54(20-30(26)52-56)39(58)25-8-4-6-10-33(25)60-41(46,47)40(44)45)12-11-28-35(43)22(2)55-37(50-28)27-18-53(19-29(27)51-55)38(57)24-7-3-5-9-32(24)59-23-13-15-48-16-14-23/h3-10,23,40,48H,11-20H2,1-2H3. The highest BCUT2D eigenvalue weighted by Gasteiger charge is 2.45. The van der Waals surface area contributed by atoms with Crippen LogP contribution in [0.5, 0.6) is 11.5 Å². The molecule has 1 fully saturated rings. The highest BCUT2D eigenvalue weighted by molar-refractivity contribution is 6.32. The Morgan fingerprint density at radius 2 is 1.37 bits per heavy atom. The van der Waals surface area contributed by atoms with Gasteiger partial charge >= 0.3 is 12.5 Å². The number of aryl methyl sites for hydroxylation is 4. The zero-order valence-electron chi connectivity index (χ0n) is 32.3. The number of nitrogens with one attached hydrogen (secondary N) is 1. The lowest BCUT2D eigenvalue weighted by Gasteiger charge is -2.25. The van der Waals surface area contributed by atoms with Crippen molar-refractivity contribution in [3.8, 4) is 11.5 Å². The number of fused-ring (bicyclic) bond motifs is 6. The summed E-state index contributed by atoms with van der Waals surface area (Å²) in [7, 11) is 0. The maximum Gasteiger partial charge on any atom is 0.461 e. The first-order chi connectivity index (χ1) is 28.8. The second-order valence-corrected chi connectivity index (χ2v) is 15.8. The summed E-state index contributed by atoms with van der Waals surface area (Å²) in [6.45, 7) is 5.99. The molecule has 1 N–H and O–H groups in total. The molecule has 2 aromatic carbocycles. The van der Waals surface area contributed by atoms with Crippen LogP contribution in [-0.4, -0.2) is 82.5 Å². The van der Waals surface area contributed by atoms with E-state index in [2.05, 4.69) is 15.0 Å². The van der Waals surface area contributed by atoms with E-state index in [1.54, 1.807) is 26.9 Å². The number of rotatable bonds is 10. The minimum atomic E-state index is -4.79. The molecule has 0 unspecified atom stereocenters. The van der Waals surface area contributed by atoms with Crippen molar-refractivity contribution in [2.75, 3.05) is 13.1 Å². The van der Waals surface area contributed by atoms with Gasteiger partial charge < -0.3 is 24.6 Å². The number of alkyl halides is 4. The number of para-hydroxylation sites is 2. The second-order valence-electron chi connectivity index (χ2n) is 15.1. The molecule has 0 bridgehead atoms. The lowest BCUT2D eigenvalue weighted by Crippen LogP contribution is -2.34. The summed E-state index contributed by atoms with van der Waals surface area (Å²) in [5, 5.41) is 13.7. The third kappa shape index (κ3) is 7.05. The zero-order valence-corrected chi connectivity index (χ0v) is 33.8. The summed E-state index contributed by atoms with van der Waals surface area (Å²) in [5.74, 6) is -0.949. The van der Waals surface area contributed by atoms with Crippen molar-refractivity contribution < 1.29 is 36.6 Å². The van der Waals surface area contributed by atoms with Crippen molar-refractivity contribution in [2.24, 2.45) is 0 Å². The van der Waals surface area contributed by atoms with Crippen LogP contribution in [0.3, 0.4) is 0 Å². The lowest BCUT2D eigenvalue weighted by atomic mass is 10.1. The molecular weight excluding hydrogens is 829 g/mol. The van der Waals surface area contributed by atoms with Crippen molar-refractivity contribution in [2.45, 2.75) is 84.3 Å². The fourth-order valence-electron chi connectivity index (χ4n) is 8.05. The van der Waals surface area contributed by atoms with E-state index in [1.807, 2.05) is 25.1 Å². The molecule has 0 atom stereocenters. The van der Waals surface area contributed by atoms with E-state index in [4.69, 9.17) is 43.1 Å². The van der Waals surface area contributed by atoms with Gasteiger partial charge in [-0.25, -0.2) is 19.0 Å². The normalized spacial score (nSPS) is 15.7. The summed E-state index contributed by atoms with van der Waals surface area (Å²) >= 11 is 13.8. The van der Waals surface area contributed by atoms with Gasteiger partial charge in [0.2, 0.25) is 0 Å². The van der Waals surface area contributed by atoms with E-state index in [0.29, 0.717) is 92.6 Å². The topological polar surface area (TPSA) is 131 Å². The number of piperidine rings is 1. The van der Waals surface area contributed by atoms with Crippen LogP contribution < -0.4 is 14.8 Å². The Morgan fingerprint density at radius 3 is 2.00 bits per heavy atom. The molecule has 13 nitrogen and oxygen atoms in total. The van der Waals surface area contributed by atoms with Gasteiger partial charge in [0, 0.05) is 11.1 Å². The number of hydrogen-bond donors (Lipinski definition) is 1. The number of amides is 2. The monoisotopic (exact) mass is 865 g/mol. The summed E-state index contributed by atoms with van der Waals surface area (Å²) in [4.78, 5) is 40.3. The van der Waals surface area contributed by atoms with Crippen molar-refractivity contribution in [1.29, 1.82) is 0 Å². The van der Waals surface area contributed by atoms with Crippen LogP contribution >= 0.6 is 23.2 Å². The molecule has 312 valence electrons. The van der Waals surface area contributed by atoms with E-state index in [-0.39, 0.29) is 30.7 Å². The Morgan fingerprint density at radius 1 is 0.800 bits per heavy atom. The first-order valence-corrected chi connectivity index (χ1v) is 20.1. The van der Waals surface area contributed by atoms with Crippen LogP contribution in [-0.2, 0) is 39.0 Å². The van der Waals surface area contributed by atoms with Crippen LogP contribution in [0.2, 0.25) is 10.0 Å². The number of nitrogens with zero attached hydrogens (tertiary/aromatic N) is 8. The molecule has 60 heavy (non-hydrogen) atoms. The smallest absolute Gasteiger partial charge is 0.461 e. The van der Waals surface area contributed by atoms with Crippen LogP contribution in [0.1, 0.15) is 78.8 Å². The highest BCUT2D eigenvalue weighted by Crippen LogP contribution is 2.36. The Hall–Kier alpha value is -5.52. The number of carbonyl (C=O) groups is 2. The Kier molecular flexibility index (Phi) is 10.3. The molecule has 19 heteroatoms. The van der Waals surface area contributed by atoms with Gasteiger partial charge in [-0.3, -0.25) is 9.59 Å². The fourth-order valence-corrected chi connectivity index (χ4v) is 8.49. The number of benzene rings is 2. The molecule has 4 aromatic heterocycles. The Labute approximate surface area is 350 Å². The largest absolute Gasteiger partial charge is 0.489 e. The summed E-state index contributed by atoms with van der Waals surface area (Å²) < 4.78 is 67.4. The molecule has 0 saturated carbocycles. The van der Waals surface area contributed by atoms with Gasteiger partial charge in [-0.1, -0.05) is 47.5 Å². The summed E-state index contributed by atoms with van der Waals surface area (Å²) in [6.07, 6.45) is -6.40. The van der Waals surface area contributed by atoms with E-state index in [9.17, 15) is 27.2 Å². The SMILES string of the molecule is Cc1nc2c3c(nn2c(CCc2nc4c5c(nn4c(C)c2Cl)CN(C(=O)c2ccccc2OC2CCNCC2)C5)c1Cl)CN(C(=O)c1ccccc1OC(F)(F)C(F)F)C3. The maximum absolute atomic E-state index is 13.9.